The summed E-state index contributed by atoms with van der Waals surface area (Å²) < 4.78 is 7.13. The highest BCUT2D eigenvalue weighted by Crippen LogP contribution is 2.32. The van der Waals surface area contributed by atoms with Gasteiger partial charge in [0.15, 0.2) is 6.10 Å². The molecule has 0 aliphatic carbocycles. The van der Waals surface area contributed by atoms with Crippen molar-refractivity contribution in [2.75, 3.05) is 10.6 Å². The number of urea groups is 1. The van der Waals surface area contributed by atoms with Crippen LogP contribution >= 0.6 is 0 Å². The summed E-state index contributed by atoms with van der Waals surface area (Å²) in [6, 6.07) is 4.74. The molecule has 1 aromatic heterocycles. The zero-order valence-electron chi connectivity index (χ0n) is 12.8. The van der Waals surface area contributed by atoms with Gasteiger partial charge in [-0.05, 0) is 25.1 Å². The Balaban J connectivity index is 1.60. The molecule has 3 rings (SSSR count). The predicted molar refractivity (Wildman–Crippen MR) is 84.2 cm³/mol. The minimum atomic E-state index is -0.524. The van der Waals surface area contributed by atoms with Gasteiger partial charge in [-0.2, -0.15) is 5.10 Å². The monoisotopic (exact) mass is 315 g/mol. The van der Waals surface area contributed by atoms with Gasteiger partial charge in [0.1, 0.15) is 5.75 Å². The number of aryl methyl sites for hydroxylation is 1. The molecule has 3 amide bonds. The van der Waals surface area contributed by atoms with Crippen molar-refractivity contribution in [2.24, 2.45) is 7.05 Å². The summed E-state index contributed by atoms with van der Waals surface area (Å²) in [6.45, 7) is 2.05. The summed E-state index contributed by atoms with van der Waals surface area (Å²) in [7, 11) is 1.81. The summed E-state index contributed by atoms with van der Waals surface area (Å²) >= 11 is 0. The van der Waals surface area contributed by atoms with E-state index in [2.05, 4.69) is 21.0 Å². The molecule has 1 unspecified atom stereocenters. The van der Waals surface area contributed by atoms with Crippen LogP contribution in [-0.2, 0) is 18.4 Å². The van der Waals surface area contributed by atoms with E-state index >= 15 is 0 Å². The van der Waals surface area contributed by atoms with Crippen LogP contribution in [-0.4, -0.2) is 27.8 Å². The van der Waals surface area contributed by atoms with Crippen LogP contribution in [0.2, 0.25) is 0 Å². The smallest absolute Gasteiger partial charge is 0.319 e. The molecule has 0 spiro atoms. The number of hydrogen-bond acceptors (Lipinski definition) is 4. The lowest BCUT2D eigenvalue weighted by molar-refractivity contribution is -0.122. The van der Waals surface area contributed by atoms with E-state index in [0.29, 0.717) is 23.7 Å². The van der Waals surface area contributed by atoms with Crippen molar-refractivity contribution >= 4 is 23.3 Å². The van der Waals surface area contributed by atoms with Crippen molar-refractivity contribution < 1.29 is 14.3 Å². The van der Waals surface area contributed by atoms with Gasteiger partial charge in [-0.3, -0.25) is 9.48 Å². The molecule has 3 N–H and O–H groups in total. The Hall–Kier alpha value is -3.03. The first kappa shape index (κ1) is 14.9. The number of carbonyl (C=O) groups excluding carboxylic acids is 2. The molecular weight excluding hydrogens is 298 g/mol. The zero-order valence-corrected chi connectivity index (χ0v) is 12.8. The van der Waals surface area contributed by atoms with E-state index < -0.39 is 6.10 Å². The van der Waals surface area contributed by atoms with E-state index in [0.717, 1.165) is 5.56 Å². The fourth-order valence-electron chi connectivity index (χ4n) is 2.21. The van der Waals surface area contributed by atoms with Gasteiger partial charge in [-0.15, -0.1) is 0 Å². The Kier molecular flexibility index (Phi) is 3.88. The fourth-order valence-corrected chi connectivity index (χ4v) is 2.21. The normalized spacial score (nSPS) is 16.1. The van der Waals surface area contributed by atoms with Gasteiger partial charge >= 0.3 is 6.03 Å². The number of aromatic nitrogens is 2. The van der Waals surface area contributed by atoms with E-state index in [1.54, 1.807) is 36.0 Å². The zero-order chi connectivity index (χ0) is 16.4. The average Bonchev–Trinajstić information content (AvgIpc) is 2.92. The Labute approximate surface area is 132 Å². The lowest BCUT2D eigenvalue weighted by Crippen LogP contribution is -2.34. The standard InChI is InChI=1S/C15H17N5O3/c1-9-14(21)19-12-5-11(3-4-13(12)23-9)18-15(22)16-6-10-7-17-20(2)8-10/h3-5,7-9H,6H2,1-2H3,(H,19,21)(H2,16,18,22). The molecule has 1 aliphatic heterocycles. The third-order valence-corrected chi connectivity index (χ3v) is 3.38. The van der Waals surface area contributed by atoms with Crippen LogP contribution in [0.4, 0.5) is 16.2 Å². The summed E-state index contributed by atoms with van der Waals surface area (Å²) in [4.78, 5) is 23.5. The van der Waals surface area contributed by atoms with Crippen molar-refractivity contribution in [3.63, 3.8) is 0 Å². The lowest BCUT2D eigenvalue weighted by Gasteiger charge is -2.23. The van der Waals surface area contributed by atoms with E-state index in [1.807, 2.05) is 13.2 Å². The molecule has 8 heteroatoms. The first-order valence-electron chi connectivity index (χ1n) is 7.15. The topological polar surface area (TPSA) is 97.3 Å². The van der Waals surface area contributed by atoms with Gasteiger partial charge in [0, 0.05) is 31.0 Å². The van der Waals surface area contributed by atoms with Crippen LogP contribution < -0.4 is 20.7 Å². The maximum absolute atomic E-state index is 11.9. The molecule has 0 saturated carbocycles. The van der Waals surface area contributed by atoms with Crippen LogP contribution in [0.15, 0.2) is 30.6 Å². The molecule has 1 aliphatic rings. The van der Waals surface area contributed by atoms with Crippen LogP contribution in [0.3, 0.4) is 0 Å². The van der Waals surface area contributed by atoms with Gasteiger partial charge < -0.3 is 20.7 Å². The van der Waals surface area contributed by atoms with Gasteiger partial charge in [0.05, 0.1) is 11.9 Å². The van der Waals surface area contributed by atoms with Crippen molar-refractivity contribution in [2.45, 2.75) is 19.6 Å². The number of nitrogens with zero attached hydrogens (tertiary/aromatic N) is 2. The number of nitrogens with one attached hydrogen (secondary N) is 3. The highest BCUT2D eigenvalue weighted by molar-refractivity contribution is 5.99. The molecular formula is C15H17N5O3. The SMILES string of the molecule is CC1Oc2ccc(NC(=O)NCc3cnn(C)c3)cc2NC1=O. The first-order valence-corrected chi connectivity index (χ1v) is 7.15. The molecule has 0 bridgehead atoms. The maximum atomic E-state index is 11.9. The van der Waals surface area contributed by atoms with Crippen LogP contribution in [0, 0.1) is 0 Å². The Morgan fingerprint density at radius 1 is 1.48 bits per heavy atom. The average molecular weight is 315 g/mol. The summed E-state index contributed by atoms with van der Waals surface area (Å²) in [5.41, 5.74) is 2.01. The second-order valence-corrected chi connectivity index (χ2v) is 5.29. The van der Waals surface area contributed by atoms with Crippen molar-refractivity contribution in [3.8, 4) is 5.75 Å². The summed E-state index contributed by atoms with van der Waals surface area (Å²) in [5.74, 6) is 0.370. The molecule has 23 heavy (non-hydrogen) atoms. The molecule has 0 radical (unpaired) electrons. The van der Waals surface area contributed by atoms with Crippen LogP contribution in [0.1, 0.15) is 12.5 Å². The summed E-state index contributed by atoms with van der Waals surface area (Å²) in [5, 5.41) is 12.2. The van der Waals surface area contributed by atoms with Crippen LogP contribution in [0.25, 0.3) is 0 Å². The number of ether oxygens (including phenoxy) is 1. The van der Waals surface area contributed by atoms with Gasteiger partial charge in [-0.25, -0.2) is 4.79 Å². The minimum Gasteiger partial charge on any atom is -0.479 e. The molecule has 1 atom stereocenters. The minimum absolute atomic E-state index is 0.212. The predicted octanol–water partition coefficient (Wildman–Crippen LogP) is 1.46. The Morgan fingerprint density at radius 3 is 3.04 bits per heavy atom. The lowest BCUT2D eigenvalue weighted by atomic mass is 10.2. The Bertz CT molecular complexity index is 755. The molecule has 120 valence electrons. The third-order valence-electron chi connectivity index (χ3n) is 3.38. The molecule has 0 saturated heterocycles. The summed E-state index contributed by atoms with van der Waals surface area (Å²) in [6.07, 6.45) is 2.99. The third kappa shape index (κ3) is 3.42. The van der Waals surface area contributed by atoms with E-state index in [1.165, 1.54) is 0 Å². The van der Waals surface area contributed by atoms with Crippen molar-refractivity contribution in [1.29, 1.82) is 0 Å². The van der Waals surface area contributed by atoms with E-state index in [4.69, 9.17) is 4.74 Å². The van der Waals surface area contributed by atoms with Gasteiger partial charge in [0.2, 0.25) is 0 Å². The molecule has 0 fully saturated rings. The largest absolute Gasteiger partial charge is 0.479 e. The second-order valence-electron chi connectivity index (χ2n) is 5.29. The molecule has 2 heterocycles. The van der Waals surface area contributed by atoms with Crippen LogP contribution in [0.5, 0.6) is 5.75 Å². The quantitative estimate of drug-likeness (QED) is 0.799. The first-order chi connectivity index (χ1) is 11.0. The van der Waals surface area contributed by atoms with Crippen molar-refractivity contribution in [3.05, 3.63) is 36.2 Å². The highest BCUT2D eigenvalue weighted by atomic mass is 16.5. The second kappa shape index (κ2) is 5.99. The number of benzene rings is 1. The fraction of sp³-hybridized carbons (Fsp3) is 0.267. The molecule has 1 aromatic carbocycles. The van der Waals surface area contributed by atoms with Gasteiger partial charge in [-0.1, -0.05) is 0 Å². The number of carbonyl (C=O) groups is 2. The van der Waals surface area contributed by atoms with Gasteiger partial charge in [0.25, 0.3) is 5.91 Å². The van der Waals surface area contributed by atoms with E-state index in [-0.39, 0.29) is 11.9 Å². The number of fused-ring (bicyclic) bond motifs is 1. The number of anilines is 2. The highest BCUT2D eigenvalue weighted by Gasteiger charge is 2.23. The molecule has 8 nitrogen and oxygen atoms in total. The molecule has 2 aromatic rings. The van der Waals surface area contributed by atoms with E-state index in [9.17, 15) is 9.59 Å². The number of rotatable bonds is 3. The number of amides is 3. The van der Waals surface area contributed by atoms with Crippen molar-refractivity contribution in [1.82, 2.24) is 15.1 Å². The Morgan fingerprint density at radius 2 is 2.30 bits per heavy atom. The number of hydrogen-bond donors (Lipinski definition) is 3. The maximum Gasteiger partial charge on any atom is 0.319 e.